The van der Waals surface area contributed by atoms with Gasteiger partial charge in [-0.2, -0.15) is 0 Å². The van der Waals surface area contributed by atoms with Gasteiger partial charge in [-0.15, -0.1) is 0 Å². The Labute approximate surface area is 158 Å². The minimum Gasteiger partial charge on any atom is -0.210 e. The third-order valence-corrected chi connectivity index (χ3v) is 6.17. The Kier molecular flexibility index (Phi) is 4.18. The Morgan fingerprint density at radius 1 is 0.815 bits per heavy atom. The molecule has 138 valence electrons. The molecular formula is C24H21F3. The fourth-order valence-electron chi connectivity index (χ4n) is 4.28. The summed E-state index contributed by atoms with van der Waals surface area (Å²) in [5, 5.41) is 0. The molecule has 0 aliphatic heterocycles. The first-order valence-electron chi connectivity index (χ1n) is 9.29. The Morgan fingerprint density at radius 3 is 2.11 bits per heavy atom. The number of hydrogen-bond donors (Lipinski definition) is 0. The van der Waals surface area contributed by atoms with Crippen LogP contribution in [0.1, 0.15) is 47.9 Å². The van der Waals surface area contributed by atoms with E-state index in [1.54, 1.807) is 12.1 Å². The van der Waals surface area contributed by atoms with Crippen LogP contribution >= 0.6 is 0 Å². The number of rotatable bonds is 1. The Hall–Kier alpha value is -2.47. The summed E-state index contributed by atoms with van der Waals surface area (Å²) < 4.78 is 43.7. The predicted octanol–water partition coefficient (Wildman–Crippen LogP) is 6.30. The molecule has 0 aromatic heterocycles. The minimum absolute atomic E-state index is 0.264. The summed E-state index contributed by atoms with van der Waals surface area (Å²) in [5.74, 6) is 4.27. The van der Waals surface area contributed by atoms with Gasteiger partial charge in [0.25, 0.3) is 0 Å². The van der Waals surface area contributed by atoms with Crippen LogP contribution in [0.3, 0.4) is 0 Å². The largest absolute Gasteiger partial charge is 0.210 e. The monoisotopic (exact) mass is 366 g/mol. The molecule has 3 aliphatic carbocycles. The summed E-state index contributed by atoms with van der Waals surface area (Å²) in [7, 11) is 0. The first-order valence-corrected chi connectivity index (χ1v) is 9.29. The molecule has 3 heteroatoms. The van der Waals surface area contributed by atoms with Gasteiger partial charge in [-0.3, -0.25) is 0 Å². The van der Waals surface area contributed by atoms with E-state index in [0.29, 0.717) is 25.7 Å². The smallest absolute Gasteiger partial charge is 0.163 e. The molecule has 0 nitrogen and oxygen atoms in total. The summed E-state index contributed by atoms with van der Waals surface area (Å²) in [4.78, 5) is 0. The van der Waals surface area contributed by atoms with E-state index in [1.807, 2.05) is 31.2 Å². The van der Waals surface area contributed by atoms with Crippen molar-refractivity contribution in [1.29, 1.82) is 0 Å². The van der Waals surface area contributed by atoms with Crippen molar-refractivity contribution in [1.82, 2.24) is 0 Å². The summed E-state index contributed by atoms with van der Waals surface area (Å²) in [6, 6.07) is 11.0. The Bertz CT molecular complexity index is 979. The second-order valence-electron chi connectivity index (χ2n) is 7.90. The van der Waals surface area contributed by atoms with E-state index in [1.165, 1.54) is 13.0 Å². The van der Waals surface area contributed by atoms with E-state index in [9.17, 15) is 8.78 Å². The van der Waals surface area contributed by atoms with Gasteiger partial charge in [0.15, 0.2) is 11.6 Å². The fourth-order valence-corrected chi connectivity index (χ4v) is 4.28. The van der Waals surface area contributed by atoms with E-state index in [2.05, 4.69) is 11.8 Å². The lowest BCUT2D eigenvalue weighted by Gasteiger charge is -2.48. The number of halogens is 3. The maximum atomic E-state index is 15.1. The van der Waals surface area contributed by atoms with E-state index < -0.39 is 22.5 Å². The molecule has 0 amide bonds. The zero-order valence-corrected chi connectivity index (χ0v) is 15.5. The minimum atomic E-state index is -0.848. The fraction of sp³-hybridized carbons (Fsp3) is 0.333. The van der Waals surface area contributed by atoms with Crippen LogP contribution in [0.5, 0.6) is 0 Å². The van der Waals surface area contributed by atoms with Crippen LogP contribution < -0.4 is 0 Å². The van der Waals surface area contributed by atoms with Gasteiger partial charge >= 0.3 is 0 Å². The van der Waals surface area contributed by atoms with Crippen LogP contribution in [0.2, 0.25) is 0 Å². The van der Waals surface area contributed by atoms with Crippen LogP contribution in [0.4, 0.5) is 13.2 Å². The molecule has 2 bridgehead atoms. The summed E-state index contributed by atoms with van der Waals surface area (Å²) in [6.45, 7) is 3.54. The molecule has 0 radical (unpaired) electrons. The molecule has 0 spiro atoms. The highest BCUT2D eigenvalue weighted by molar-refractivity contribution is 5.46. The average molecular weight is 366 g/mol. The normalized spacial score (nSPS) is 26.3. The van der Waals surface area contributed by atoms with Gasteiger partial charge in [0.1, 0.15) is 5.83 Å². The molecule has 0 saturated heterocycles. The average Bonchev–Trinajstić information content (AvgIpc) is 2.67. The molecular weight excluding hydrogens is 345 g/mol. The van der Waals surface area contributed by atoms with Gasteiger partial charge in [-0.05, 0) is 63.3 Å². The number of hydrogen-bond acceptors (Lipinski definition) is 0. The zero-order chi connectivity index (χ0) is 19.2. The molecule has 0 heterocycles. The molecule has 3 aliphatic rings. The van der Waals surface area contributed by atoms with Crippen LogP contribution in [-0.2, 0) is 5.41 Å². The van der Waals surface area contributed by atoms with Gasteiger partial charge in [-0.1, -0.05) is 41.7 Å². The molecule has 27 heavy (non-hydrogen) atoms. The second-order valence-corrected chi connectivity index (χ2v) is 7.90. The van der Waals surface area contributed by atoms with Gasteiger partial charge in [-0.25, -0.2) is 13.2 Å². The molecule has 2 aromatic rings. The van der Waals surface area contributed by atoms with Crippen molar-refractivity contribution in [2.75, 3.05) is 0 Å². The third-order valence-electron chi connectivity index (χ3n) is 6.17. The lowest BCUT2D eigenvalue weighted by atomic mass is 9.55. The van der Waals surface area contributed by atoms with Crippen molar-refractivity contribution in [2.24, 2.45) is 5.41 Å². The molecule has 5 rings (SSSR count). The van der Waals surface area contributed by atoms with Crippen molar-refractivity contribution in [3.63, 3.8) is 0 Å². The van der Waals surface area contributed by atoms with Crippen LogP contribution in [0.15, 0.2) is 48.3 Å². The number of benzene rings is 2. The lowest BCUT2D eigenvalue weighted by Crippen LogP contribution is -2.42. The van der Waals surface area contributed by atoms with Crippen molar-refractivity contribution in [2.45, 2.75) is 44.9 Å². The van der Waals surface area contributed by atoms with Crippen LogP contribution in [0.25, 0.3) is 0 Å². The molecule has 1 saturated carbocycles. The van der Waals surface area contributed by atoms with E-state index >= 15 is 4.39 Å². The van der Waals surface area contributed by atoms with Gasteiger partial charge < -0.3 is 0 Å². The first-order chi connectivity index (χ1) is 12.9. The Morgan fingerprint density at radius 2 is 1.48 bits per heavy atom. The molecule has 2 aromatic carbocycles. The SMILES string of the molecule is Cc1ccc(C#CC23CCC(c4ccc(C)c(F)c4F)(C=C2F)CC3)cc1. The maximum absolute atomic E-state index is 15.1. The maximum Gasteiger partial charge on any atom is 0.163 e. The summed E-state index contributed by atoms with van der Waals surface area (Å²) >= 11 is 0. The predicted molar refractivity (Wildman–Crippen MR) is 101 cm³/mol. The highest BCUT2D eigenvalue weighted by Crippen LogP contribution is 2.57. The molecule has 0 unspecified atom stereocenters. The topological polar surface area (TPSA) is 0 Å². The third kappa shape index (κ3) is 2.88. The van der Waals surface area contributed by atoms with Crippen LogP contribution in [-0.4, -0.2) is 0 Å². The highest BCUT2D eigenvalue weighted by atomic mass is 19.2. The Balaban J connectivity index is 1.71. The van der Waals surface area contributed by atoms with E-state index in [-0.39, 0.29) is 17.0 Å². The van der Waals surface area contributed by atoms with Gasteiger partial charge in [0.05, 0.1) is 5.41 Å². The summed E-state index contributed by atoms with van der Waals surface area (Å²) in [5.41, 5.74) is 0.971. The first kappa shape index (κ1) is 17.9. The molecule has 1 fully saturated rings. The highest BCUT2D eigenvalue weighted by Gasteiger charge is 2.51. The van der Waals surface area contributed by atoms with Gasteiger partial charge in [0, 0.05) is 16.5 Å². The van der Waals surface area contributed by atoms with Gasteiger partial charge in [0.2, 0.25) is 0 Å². The number of aryl methyl sites for hydroxylation is 2. The second kappa shape index (κ2) is 6.30. The number of allylic oxidation sites excluding steroid dienone is 2. The molecule has 0 atom stereocenters. The van der Waals surface area contributed by atoms with Crippen molar-refractivity contribution < 1.29 is 13.2 Å². The standard InChI is InChI=1S/C24H21F3/c1-16-3-6-18(7-4-16)9-10-23-11-13-24(14-12-23,15-20(23)25)19-8-5-17(2)21(26)22(19)27/h3-8,15H,11-14H2,1-2H3. The van der Waals surface area contributed by atoms with Crippen molar-refractivity contribution >= 4 is 0 Å². The van der Waals surface area contributed by atoms with E-state index in [0.717, 1.165) is 11.1 Å². The van der Waals surface area contributed by atoms with Crippen molar-refractivity contribution in [3.05, 3.63) is 82.2 Å². The number of fused-ring (bicyclic) bond motifs is 2. The van der Waals surface area contributed by atoms with Crippen molar-refractivity contribution in [3.8, 4) is 11.8 Å². The summed E-state index contributed by atoms with van der Waals surface area (Å²) in [6.07, 6.45) is 3.67. The van der Waals surface area contributed by atoms with E-state index in [4.69, 9.17) is 0 Å². The quantitative estimate of drug-likeness (QED) is 0.520. The lowest BCUT2D eigenvalue weighted by molar-refractivity contribution is 0.174. The molecule has 0 N–H and O–H groups in total. The zero-order valence-electron chi connectivity index (χ0n) is 15.5. The van der Waals surface area contributed by atoms with Crippen LogP contribution in [0, 0.1) is 42.7 Å².